The molecule has 4 nitrogen and oxygen atoms in total. The van der Waals surface area contributed by atoms with Crippen LogP contribution < -0.4 is 14.8 Å². The maximum Gasteiger partial charge on any atom is 0.416 e. The van der Waals surface area contributed by atoms with Crippen molar-refractivity contribution >= 4 is 5.91 Å². The Bertz CT molecular complexity index is 699. The van der Waals surface area contributed by atoms with Crippen molar-refractivity contribution in [2.45, 2.75) is 19.6 Å². The van der Waals surface area contributed by atoms with Gasteiger partial charge in [-0.25, -0.2) is 0 Å². The minimum atomic E-state index is -4.37. The molecule has 0 aliphatic heterocycles. The molecule has 0 saturated carbocycles. The lowest BCUT2D eigenvalue weighted by Crippen LogP contribution is -2.28. The van der Waals surface area contributed by atoms with E-state index >= 15 is 0 Å². The molecule has 2 aromatic carbocycles. The van der Waals surface area contributed by atoms with Gasteiger partial charge in [-0.1, -0.05) is 24.3 Å². The van der Waals surface area contributed by atoms with Gasteiger partial charge in [-0.05, 0) is 36.8 Å². The number of rotatable bonds is 7. The monoisotopic (exact) mass is 353 g/mol. The molecule has 7 heteroatoms. The van der Waals surface area contributed by atoms with Crippen LogP contribution in [-0.4, -0.2) is 19.1 Å². The summed E-state index contributed by atoms with van der Waals surface area (Å²) in [5.41, 5.74) is -0.158. The smallest absolute Gasteiger partial charge is 0.416 e. The lowest BCUT2D eigenvalue weighted by Gasteiger charge is -2.12. The fraction of sp³-hybridized carbons (Fsp3) is 0.278. The predicted molar refractivity (Wildman–Crippen MR) is 86.4 cm³/mol. The van der Waals surface area contributed by atoms with Crippen molar-refractivity contribution in [3.8, 4) is 11.5 Å². The van der Waals surface area contributed by atoms with Crippen molar-refractivity contribution in [3.05, 3.63) is 59.7 Å². The van der Waals surface area contributed by atoms with Crippen LogP contribution in [0.3, 0.4) is 0 Å². The van der Waals surface area contributed by atoms with Crippen LogP contribution in [0.25, 0.3) is 0 Å². The van der Waals surface area contributed by atoms with Gasteiger partial charge in [0.1, 0.15) is 0 Å². The van der Waals surface area contributed by atoms with E-state index in [4.69, 9.17) is 9.47 Å². The number of hydrogen-bond donors (Lipinski definition) is 1. The van der Waals surface area contributed by atoms with Crippen LogP contribution in [0.15, 0.2) is 48.5 Å². The first-order valence-electron chi connectivity index (χ1n) is 7.67. The summed E-state index contributed by atoms with van der Waals surface area (Å²) in [6, 6.07) is 11.6. The van der Waals surface area contributed by atoms with Crippen LogP contribution in [0, 0.1) is 0 Å². The van der Waals surface area contributed by atoms with E-state index in [0.717, 1.165) is 12.1 Å². The van der Waals surface area contributed by atoms with Gasteiger partial charge in [0.05, 0.1) is 12.2 Å². The Morgan fingerprint density at radius 3 is 2.16 bits per heavy atom. The Kier molecular flexibility index (Phi) is 6.27. The van der Waals surface area contributed by atoms with Crippen LogP contribution in [0.4, 0.5) is 13.2 Å². The molecule has 25 heavy (non-hydrogen) atoms. The fourth-order valence-corrected chi connectivity index (χ4v) is 2.05. The van der Waals surface area contributed by atoms with Crippen molar-refractivity contribution in [2.24, 2.45) is 0 Å². The zero-order valence-corrected chi connectivity index (χ0v) is 13.6. The standard InChI is InChI=1S/C18H18F3NO3/c1-2-24-15-5-3-4-6-16(15)25-12-17(23)22-11-13-7-9-14(10-8-13)18(19,20)21/h3-10H,2,11-12H2,1H3,(H,22,23). The Morgan fingerprint density at radius 2 is 1.60 bits per heavy atom. The number of hydrogen-bond acceptors (Lipinski definition) is 3. The number of halogens is 3. The normalized spacial score (nSPS) is 11.0. The van der Waals surface area contributed by atoms with Crippen LogP contribution in [-0.2, 0) is 17.5 Å². The third-order valence-electron chi connectivity index (χ3n) is 3.28. The molecule has 2 rings (SSSR count). The van der Waals surface area contributed by atoms with Gasteiger partial charge in [-0.15, -0.1) is 0 Å². The Hall–Kier alpha value is -2.70. The summed E-state index contributed by atoms with van der Waals surface area (Å²) in [6.45, 7) is 2.21. The number of para-hydroxylation sites is 2. The molecule has 1 amide bonds. The SMILES string of the molecule is CCOc1ccccc1OCC(=O)NCc1ccc(C(F)(F)F)cc1. The van der Waals surface area contributed by atoms with E-state index < -0.39 is 11.7 Å². The molecular weight excluding hydrogens is 335 g/mol. The predicted octanol–water partition coefficient (Wildman–Crippen LogP) is 3.80. The lowest BCUT2D eigenvalue weighted by molar-refractivity contribution is -0.137. The maximum atomic E-state index is 12.5. The average molecular weight is 353 g/mol. The van der Waals surface area contributed by atoms with Gasteiger partial charge in [0.15, 0.2) is 18.1 Å². The summed E-state index contributed by atoms with van der Waals surface area (Å²) < 4.78 is 48.3. The summed E-state index contributed by atoms with van der Waals surface area (Å²) in [5.74, 6) is 0.612. The molecule has 0 bridgehead atoms. The number of carbonyl (C=O) groups excluding carboxylic acids is 1. The van der Waals surface area contributed by atoms with Gasteiger partial charge in [-0.2, -0.15) is 13.2 Å². The summed E-state index contributed by atoms with van der Waals surface area (Å²) >= 11 is 0. The molecule has 0 atom stereocenters. The number of benzene rings is 2. The van der Waals surface area contributed by atoms with Crippen LogP contribution >= 0.6 is 0 Å². The molecule has 0 heterocycles. The van der Waals surface area contributed by atoms with Gasteiger partial charge >= 0.3 is 6.18 Å². The number of nitrogens with one attached hydrogen (secondary N) is 1. The molecule has 0 fully saturated rings. The first-order chi connectivity index (χ1) is 11.9. The van der Waals surface area contributed by atoms with Gasteiger partial charge in [0.2, 0.25) is 0 Å². The van der Waals surface area contributed by atoms with Crippen molar-refractivity contribution in [1.82, 2.24) is 5.32 Å². The molecule has 0 radical (unpaired) electrons. The number of amides is 1. The number of carbonyl (C=O) groups is 1. The summed E-state index contributed by atoms with van der Waals surface area (Å²) in [7, 11) is 0. The molecule has 0 aromatic heterocycles. The molecule has 0 saturated heterocycles. The summed E-state index contributed by atoms with van der Waals surface area (Å²) in [4.78, 5) is 11.8. The highest BCUT2D eigenvalue weighted by molar-refractivity contribution is 5.77. The van der Waals surface area contributed by atoms with Crippen LogP contribution in [0.2, 0.25) is 0 Å². The van der Waals surface area contributed by atoms with E-state index in [1.807, 2.05) is 6.92 Å². The average Bonchev–Trinajstić information content (AvgIpc) is 2.59. The molecular formula is C18H18F3NO3. The molecule has 0 spiro atoms. The van der Waals surface area contributed by atoms with Gasteiger partial charge in [0, 0.05) is 6.54 Å². The van der Waals surface area contributed by atoms with E-state index in [2.05, 4.69) is 5.32 Å². The van der Waals surface area contributed by atoms with Crippen LogP contribution in [0.5, 0.6) is 11.5 Å². The van der Waals surface area contributed by atoms with E-state index in [1.165, 1.54) is 12.1 Å². The number of alkyl halides is 3. The van der Waals surface area contributed by atoms with Crippen molar-refractivity contribution < 1.29 is 27.4 Å². The summed E-state index contributed by atoms with van der Waals surface area (Å²) in [5, 5.41) is 2.59. The molecule has 134 valence electrons. The van der Waals surface area contributed by atoms with E-state index in [1.54, 1.807) is 24.3 Å². The fourth-order valence-electron chi connectivity index (χ4n) is 2.05. The Labute approximate surface area is 143 Å². The first kappa shape index (κ1) is 18.6. The first-order valence-corrected chi connectivity index (χ1v) is 7.67. The van der Waals surface area contributed by atoms with E-state index in [-0.39, 0.29) is 19.1 Å². The largest absolute Gasteiger partial charge is 0.490 e. The Balaban J connectivity index is 1.83. The second kappa shape index (κ2) is 8.41. The zero-order chi connectivity index (χ0) is 18.3. The Morgan fingerprint density at radius 1 is 1.00 bits per heavy atom. The highest BCUT2D eigenvalue weighted by Crippen LogP contribution is 2.29. The van der Waals surface area contributed by atoms with Gasteiger partial charge in [-0.3, -0.25) is 4.79 Å². The van der Waals surface area contributed by atoms with E-state index in [9.17, 15) is 18.0 Å². The van der Waals surface area contributed by atoms with Gasteiger partial charge < -0.3 is 14.8 Å². The minimum absolute atomic E-state index is 0.118. The lowest BCUT2D eigenvalue weighted by atomic mass is 10.1. The van der Waals surface area contributed by atoms with Crippen LogP contribution in [0.1, 0.15) is 18.1 Å². The minimum Gasteiger partial charge on any atom is -0.490 e. The highest BCUT2D eigenvalue weighted by Gasteiger charge is 2.29. The van der Waals surface area contributed by atoms with Crippen molar-refractivity contribution in [1.29, 1.82) is 0 Å². The molecule has 0 aliphatic rings. The molecule has 2 aromatic rings. The van der Waals surface area contributed by atoms with Gasteiger partial charge in [0.25, 0.3) is 5.91 Å². The third-order valence-corrected chi connectivity index (χ3v) is 3.28. The quantitative estimate of drug-likeness (QED) is 0.824. The molecule has 1 N–H and O–H groups in total. The maximum absolute atomic E-state index is 12.5. The number of ether oxygens (including phenoxy) is 2. The zero-order valence-electron chi connectivity index (χ0n) is 13.6. The van der Waals surface area contributed by atoms with Crippen molar-refractivity contribution in [3.63, 3.8) is 0 Å². The summed E-state index contributed by atoms with van der Waals surface area (Å²) in [6.07, 6.45) is -4.37. The topological polar surface area (TPSA) is 47.6 Å². The molecule has 0 aliphatic carbocycles. The molecule has 0 unspecified atom stereocenters. The second-order valence-corrected chi connectivity index (χ2v) is 5.14. The van der Waals surface area contributed by atoms with E-state index in [0.29, 0.717) is 23.7 Å². The second-order valence-electron chi connectivity index (χ2n) is 5.14. The van der Waals surface area contributed by atoms with Crippen molar-refractivity contribution in [2.75, 3.05) is 13.2 Å². The highest BCUT2D eigenvalue weighted by atomic mass is 19.4. The third kappa shape index (κ3) is 5.70.